The Morgan fingerprint density at radius 3 is 2.87 bits per heavy atom. The summed E-state index contributed by atoms with van der Waals surface area (Å²) in [6.45, 7) is 5.70. The second kappa shape index (κ2) is 5.74. The number of likely N-dealkylation sites (tertiary alicyclic amines) is 1. The van der Waals surface area contributed by atoms with E-state index in [0.29, 0.717) is 11.6 Å². The van der Waals surface area contributed by atoms with E-state index in [1.807, 2.05) is 21.9 Å². The molecule has 1 saturated carbocycles. The summed E-state index contributed by atoms with van der Waals surface area (Å²) in [6, 6.07) is 2.32. The Morgan fingerprint density at radius 2 is 2.17 bits per heavy atom. The second-order valence-corrected chi connectivity index (χ2v) is 7.64. The molecule has 0 spiro atoms. The molecule has 2 aromatic heterocycles. The summed E-state index contributed by atoms with van der Waals surface area (Å²) in [6.07, 6.45) is 4.57. The third-order valence-electron chi connectivity index (χ3n) is 4.79. The maximum Gasteiger partial charge on any atom is 0.273 e. The summed E-state index contributed by atoms with van der Waals surface area (Å²) >= 11 is 1.64. The molecule has 1 atom stereocenters. The van der Waals surface area contributed by atoms with Gasteiger partial charge in [-0.05, 0) is 45.6 Å². The minimum absolute atomic E-state index is 0.0946. The Kier molecular flexibility index (Phi) is 3.71. The quantitative estimate of drug-likeness (QED) is 0.865. The molecule has 1 saturated heterocycles. The van der Waals surface area contributed by atoms with Gasteiger partial charge in [0.25, 0.3) is 5.91 Å². The highest BCUT2D eigenvalue weighted by molar-refractivity contribution is 7.10. The lowest BCUT2D eigenvalue weighted by Gasteiger charge is -2.24. The van der Waals surface area contributed by atoms with E-state index in [1.165, 1.54) is 12.8 Å². The SMILES string of the molecule is Cc1cc(C)n(C[C@@H]2CCCN2C(=O)c2csc(C3CC3)n2)n1. The van der Waals surface area contributed by atoms with Gasteiger partial charge in [-0.3, -0.25) is 9.48 Å². The Bertz CT molecular complexity index is 731. The Hall–Kier alpha value is -1.69. The van der Waals surface area contributed by atoms with E-state index in [4.69, 9.17) is 0 Å². The molecule has 122 valence electrons. The van der Waals surface area contributed by atoms with Gasteiger partial charge in [-0.1, -0.05) is 0 Å². The molecule has 2 aliphatic rings. The van der Waals surface area contributed by atoms with Gasteiger partial charge < -0.3 is 4.90 Å². The Labute approximate surface area is 140 Å². The molecule has 0 aromatic carbocycles. The van der Waals surface area contributed by atoms with Crippen molar-refractivity contribution in [2.75, 3.05) is 6.54 Å². The lowest BCUT2D eigenvalue weighted by atomic mass is 10.2. The van der Waals surface area contributed by atoms with Gasteiger partial charge >= 0.3 is 0 Å². The molecule has 0 bridgehead atoms. The van der Waals surface area contributed by atoms with Gasteiger partial charge in [-0.15, -0.1) is 11.3 Å². The fraction of sp³-hybridized carbons (Fsp3) is 0.588. The predicted octanol–water partition coefficient (Wildman–Crippen LogP) is 3.14. The van der Waals surface area contributed by atoms with Gasteiger partial charge in [0, 0.05) is 23.5 Å². The van der Waals surface area contributed by atoms with Crippen molar-refractivity contribution in [3.63, 3.8) is 0 Å². The molecule has 2 aromatic rings. The molecule has 6 heteroatoms. The Morgan fingerprint density at radius 1 is 1.35 bits per heavy atom. The zero-order valence-electron chi connectivity index (χ0n) is 13.7. The van der Waals surface area contributed by atoms with Gasteiger partial charge in [0.1, 0.15) is 5.69 Å². The molecular formula is C17H22N4OS. The number of carbonyl (C=O) groups excluding carboxylic acids is 1. The van der Waals surface area contributed by atoms with Gasteiger partial charge in [-0.2, -0.15) is 5.10 Å². The molecule has 3 heterocycles. The summed E-state index contributed by atoms with van der Waals surface area (Å²) in [5.74, 6) is 0.711. The number of thiazole rings is 1. The average Bonchev–Trinajstić information content (AvgIpc) is 2.95. The van der Waals surface area contributed by atoms with Crippen molar-refractivity contribution in [2.24, 2.45) is 0 Å². The van der Waals surface area contributed by atoms with Crippen LogP contribution in [-0.2, 0) is 6.54 Å². The molecule has 23 heavy (non-hydrogen) atoms. The highest BCUT2D eigenvalue weighted by Gasteiger charge is 2.33. The maximum absolute atomic E-state index is 12.8. The molecule has 4 rings (SSSR count). The first kappa shape index (κ1) is 14.9. The standard InChI is InChI=1S/C17H22N4OS/c1-11-8-12(2)21(19-11)9-14-4-3-7-20(14)17(22)15-10-23-16(18-15)13-5-6-13/h8,10,13-14H,3-7,9H2,1-2H3/t14-/m0/s1. The third kappa shape index (κ3) is 2.92. The van der Waals surface area contributed by atoms with Crippen molar-refractivity contribution in [1.29, 1.82) is 0 Å². The van der Waals surface area contributed by atoms with E-state index in [1.54, 1.807) is 11.3 Å². The summed E-state index contributed by atoms with van der Waals surface area (Å²) in [5, 5.41) is 7.62. The van der Waals surface area contributed by atoms with Crippen LogP contribution in [0.25, 0.3) is 0 Å². The highest BCUT2D eigenvalue weighted by Crippen LogP contribution is 2.41. The van der Waals surface area contributed by atoms with E-state index < -0.39 is 0 Å². The zero-order chi connectivity index (χ0) is 16.0. The lowest BCUT2D eigenvalue weighted by Crippen LogP contribution is -2.38. The molecule has 5 nitrogen and oxygen atoms in total. The van der Waals surface area contributed by atoms with Crippen molar-refractivity contribution >= 4 is 17.2 Å². The molecule has 0 radical (unpaired) electrons. The number of amides is 1. The maximum atomic E-state index is 12.8. The molecule has 0 unspecified atom stereocenters. The minimum Gasteiger partial charge on any atom is -0.332 e. The van der Waals surface area contributed by atoms with Crippen molar-refractivity contribution in [3.05, 3.63) is 33.5 Å². The van der Waals surface area contributed by atoms with Crippen LogP contribution in [0.2, 0.25) is 0 Å². The molecule has 2 fully saturated rings. The van der Waals surface area contributed by atoms with Crippen LogP contribution >= 0.6 is 11.3 Å². The van der Waals surface area contributed by atoms with E-state index in [-0.39, 0.29) is 11.9 Å². The van der Waals surface area contributed by atoms with Gasteiger partial charge in [-0.25, -0.2) is 4.98 Å². The largest absolute Gasteiger partial charge is 0.332 e. The monoisotopic (exact) mass is 330 g/mol. The van der Waals surface area contributed by atoms with Crippen molar-refractivity contribution in [3.8, 4) is 0 Å². The van der Waals surface area contributed by atoms with Crippen LogP contribution in [0.1, 0.15) is 58.5 Å². The number of rotatable bonds is 4. The first-order valence-electron chi connectivity index (χ1n) is 8.39. The van der Waals surface area contributed by atoms with Crippen LogP contribution in [0.3, 0.4) is 0 Å². The fourth-order valence-electron chi connectivity index (χ4n) is 3.40. The van der Waals surface area contributed by atoms with Gasteiger partial charge in [0.15, 0.2) is 0 Å². The zero-order valence-corrected chi connectivity index (χ0v) is 14.5. The number of carbonyl (C=O) groups is 1. The van der Waals surface area contributed by atoms with Crippen LogP contribution in [0, 0.1) is 13.8 Å². The first-order valence-corrected chi connectivity index (χ1v) is 9.27. The summed E-state index contributed by atoms with van der Waals surface area (Å²) < 4.78 is 2.03. The molecule has 0 N–H and O–H groups in total. The smallest absolute Gasteiger partial charge is 0.273 e. The van der Waals surface area contributed by atoms with E-state index >= 15 is 0 Å². The van der Waals surface area contributed by atoms with Crippen LogP contribution in [-0.4, -0.2) is 38.2 Å². The van der Waals surface area contributed by atoms with Crippen LogP contribution in [0.4, 0.5) is 0 Å². The molecular weight excluding hydrogens is 308 g/mol. The Balaban J connectivity index is 1.49. The predicted molar refractivity (Wildman–Crippen MR) is 89.8 cm³/mol. The second-order valence-electron chi connectivity index (χ2n) is 6.75. The molecule has 1 amide bonds. The minimum atomic E-state index is 0.0946. The van der Waals surface area contributed by atoms with Crippen LogP contribution in [0.15, 0.2) is 11.4 Å². The number of aryl methyl sites for hydroxylation is 2. The molecule has 1 aliphatic carbocycles. The van der Waals surface area contributed by atoms with Gasteiger partial charge in [0.2, 0.25) is 0 Å². The number of hydrogen-bond acceptors (Lipinski definition) is 4. The van der Waals surface area contributed by atoms with E-state index in [9.17, 15) is 4.79 Å². The van der Waals surface area contributed by atoms with E-state index in [2.05, 4.69) is 23.1 Å². The molecule has 1 aliphatic heterocycles. The van der Waals surface area contributed by atoms with Crippen molar-refractivity contribution in [2.45, 2.75) is 58.0 Å². The third-order valence-corrected chi connectivity index (χ3v) is 5.80. The van der Waals surface area contributed by atoms with E-state index in [0.717, 1.165) is 42.3 Å². The number of aromatic nitrogens is 3. The van der Waals surface area contributed by atoms with Crippen molar-refractivity contribution in [1.82, 2.24) is 19.7 Å². The summed E-state index contributed by atoms with van der Waals surface area (Å²) in [4.78, 5) is 19.4. The van der Waals surface area contributed by atoms with Crippen molar-refractivity contribution < 1.29 is 4.79 Å². The highest BCUT2D eigenvalue weighted by atomic mass is 32.1. The summed E-state index contributed by atoms with van der Waals surface area (Å²) in [7, 11) is 0. The summed E-state index contributed by atoms with van der Waals surface area (Å²) in [5.41, 5.74) is 2.83. The van der Waals surface area contributed by atoms with Crippen LogP contribution < -0.4 is 0 Å². The first-order chi connectivity index (χ1) is 11.1. The van der Waals surface area contributed by atoms with Crippen LogP contribution in [0.5, 0.6) is 0 Å². The number of hydrogen-bond donors (Lipinski definition) is 0. The fourth-order valence-corrected chi connectivity index (χ4v) is 4.37. The lowest BCUT2D eigenvalue weighted by molar-refractivity contribution is 0.0715. The number of nitrogens with zero attached hydrogens (tertiary/aromatic N) is 4. The topological polar surface area (TPSA) is 51.0 Å². The van der Waals surface area contributed by atoms with Gasteiger partial charge in [0.05, 0.1) is 23.3 Å². The normalized spacial score (nSPS) is 21.1. The average molecular weight is 330 g/mol.